The van der Waals surface area contributed by atoms with Gasteiger partial charge in [0.05, 0.1) is 0 Å². The maximum absolute atomic E-state index is 4.47. The van der Waals surface area contributed by atoms with Gasteiger partial charge in [-0.05, 0) is 74.5 Å². The summed E-state index contributed by atoms with van der Waals surface area (Å²) in [6, 6.07) is 4.95. The summed E-state index contributed by atoms with van der Waals surface area (Å²) in [7, 11) is 2.11. The number of hydrogen-bond acceptors (Lipinski definition) is 2. The van der Waals surface area contributed by atoms with E-state index in [2.05, 4.69) is 42.6 Å². The number of fused-ring (bicyclic) bond motifs is 5. The Balaban J connectivity index is 1.58. The average Bonchev–Trinajstić information content (AvgIpc) is 2.81. The number of nitrogens with zero attached hydrogens (tertiary/aromatic N) is 1. The molecule has 3 fully saturated rings. The molecule has 2 bridgehead atoms. The zero-order valence-electron chi connectivity index (χ0n) is 11.3. The van der Waals surface area contributed by atoms with E-state index in [1.54, 1.807) is 0 Å². The first kappa shape index (κ1) is 11.0. The van der Waals surface area contributed by atoms with Crippen molar-refractivity contribution in [3.05, 3.63) is 29.6 Å². The van der Waals surface area contributed by atoms with Crippen LogP contribution in [0.3, 0.4) is 0 Å². The van der Waals surface area contributed by atoms with E-state index < -0.39 is 0 Å². The minimum atomic E-state index is 0.538. The highest BCUT2D eigenvalue weighted by Gasteiger charge is 2.66. The van der Waals surface area contributed by atoms with E-state index in [0.717, 1.165) is 35.3 Å². The van der Waals surface area contributed by atoms with Crippen LogP contribution in [-0.2, 0) is 0 Å². The van der Waals surface area contributed by atoms with Gasteiger partial charge in [0, 0.05) is 17.9 Å². The monoisotopic (exact) mass is 242 g/mol. The summed E-state index contributed by atoms with van der Waals surface area (Å²) in [6.07, 6.45) is 6.62. The number of hydrogen-bond donors (Lipinski definition) is 1. The Hall–Kier alpha value is -0.890. The second-order valence-corrected chi connectivity index (χ2v) is 6.56. The molecule has 0 saturated heterocycles. The van der Waals surface area contributed by atoms with Crippen LogP contribution in [0.25, 0.3) is 0 Å². The van der Waals surface area contributed by atoms with E-state index >= 15 is 0 Å². The lowest BCUT2D eigenvalue weighted by molar-refractivity contribution is 0.385. The first-order valence-electron chi connectivity index (χ1n) is 7.39. The van der Waals surface area contributed by atoms with Gasteiger partial charge < -0.3 is 5.32 Å². The topological polar surface area (TPSA) is 24.9 Å². The highest BCUT2D eigenvalue weighted by molar-refractivity contribution is 5.25. The van der Waals surface area contributed by atoms with Crippen molar-refractivity contribution >= 4 is 0 Å². The number of aromatic nitrogens is 1. The van der Waals surface area contributed by atoms with Crippen molar-refractivity contribution in [2.24, 2.45) is 29.6 Å². The van der Waals surface area contributed by atoms with Crippen LogP contribution in [-0.4, -0.2) is 12.0 Å². The molecule has 1 aromatic heterocycles. The highest BCUT2D eigenvalue weighted by atomic mass is 14.9. The molecule has 5 atom stereocenters. The van der Waals surface area contributed by atoms with Gasteiger partial charge in [-0.1, -0.05) is 6.07 Å². The summed E-state index contributed by atoms with van der Waals surface area (Å²) in [5, 5.41) is 3.56. The molecule has 0 spiro atoms. The second kappa shape index (κ2) is 3.80. The molecular weight excluding hydrogens is 220 g/mol. The molecule has 4 rings (SSSR count). The van der Waals surface area contributed by atoms with E-state index in [-0.39, 0.29) is 0 Å². The minimum Gasteiger partial charge on any atom is -0.313 e. The van der Waals surface area contributed by atoms with Crippen LogP contribution >= 0.6 is 0 Å². The van der Waals surface area contributed by atoms with Crippen molar-refractivity contribution < 1.29 is 0 Å². The van der Waals surface area contributed by atoms with Crippen LogP contribution in [0.15, 0.2) is 18.3 Å². The third-order valence-corrected chi connectivity index (χ3v) is 5.78. The van der Waals surface area contributed by atoms with E-state index in [4.69, 9.17) is 0 Å². The quantitative estimate of drug-likeness (QED) is 0.881. The lowest BCUT2D eigenvalue weighted by Gasteiger charge is -2.20. The van der Waals surface area contributed by atoms with Crippen molar-refractivity contribution in [2.75, 3.05) is 7.05 Å². The predicted octanol–water partition coefficient (Wildman–Crippen LogP) is 2.94. The van der Waals surface area contributed by atoms with E-state index in [9.17, 15) is 0 Å². The van der Waals surface area contributed by atoms with Gasteiger partial charge in [0.15, 0.2) is 0 Å². The maximum Gasteiger partial charge on any atom is 0.0372 e. The lowest BCUT2D eigenvalue weighted by atomic mass is 9.94. The first-order valence-corrected chi connectivity index (χ1v) is 7.39. The van der Waals surface area contributed by atoms with Crippen molar-refractivity contribution in [1.29, 1.82) is 0 Å². The summed E-state index contributed by atoms with van der Waals surface area (Å²) in [6.45, 7) is 2.06. The van der Waals surface area contributed by atoms with Crippen LogP contribution in [0, 0.1) is 36.5 Å². The van der Waals surface area contributed by atoms with Crippen LogP contribution in [0.2, 0.25) is 0 Å². The molecule has 3 aliphatic carbocycles. The van der Waals surface area contributed by atoms with Gasteiger partial charge in [-0.25, -0.2) is 0 Å². The van der Waals surface area contributed by atoms with Gasteiger partial charge >= 0.3 is 0 Å². The normalized spacial score (nSPS) is 41.8. The van der Waals surface area contributed by atoms with Gasteiger partial charge in [0.25, 0.3) is 0 Å². The molecule has 2 nitrogen and oxygen atoms in total. The van der Waals surface area contributed by atoms with Gasteiger partial charge in [-0.2, -0.15) is 0 Å². The van der Waals surface area contributed by atoms with Crippen LogP contribution in [0.4, 0.5) is 0 Å². The largest absolute Gasteiger partial charge is 0.313 e. The zero-order valence-corrected chi connectivity index (χ0v) is 11.3. The SMILES string of the molecule is CNC(c1ccc(C)nc1)C1C2C3CCC(C3)C21. The molecule has 1 aromatic rings. The summed E-state index contributed by atoms with van der Waals surface area (Å²) < 4.78 is 0. The van der Waals surface area contributed by atoms with Gasteiger partial charge in [-0.15, -0.1) is 0 Å². The third kappa shape index (κ3) is 1.41. The fourth-order valence-corrected chi connectivity index (χ4v) is 5.08. The Morgan fingerprint density at radius 1 is 1.22 bits per heavy atom. The number of nitrogens with one attached hydrogen (secondary N) is 1. The minimum absolute atomic E-state index is 0.538. The van der Waals surface area contributed by atoms with Crippen LogP contribution in [0.1, 0.15) is 36.6 Å². The molecule has 1 N–H and O–H groups in total. The fourth-order valence-electron chi connectivity index (χ4n) is 5.08. The van der Waals surface area contributed by atoms with E-state index in [1.165, 1.54) is 24.8 Å². The molecular formula is C16H22N2. The Morgan fingerprint density at radius 2 is 1.94 bits per heavy atom. The summed E-state index contributed by atoms with van der Waals surface area (Å²) in [4.78, 5) is 4.47. The molecule has 2 heteroatoms. The smallest absolute Gasteiger partial charge is 0.0372 e. The van der Waals surface area contributed by atoms with Crippen LogP contribution in [0.5, 0.6) is 0 Å². The Kier molecular flexibility index (Phi) is 2.32. The molecule has 96 valence electrons. The molecule has 0 aromatic carbocycles. The molecule has 3 saturated carbocycles. The van der Waals surface area contributed by atoms with E-state index in [1.807, 2.05) is 0 Å². The summed E-state index contributed by atoms with van der Waals surface area (Å²) in [5.74, 6) is 5.06. The molecule has 0 radical (unpaired) electrons. The lowest BCUT2D eigenvalue weighted by Crippen LogP contribution is -2.22. The molecule has 0 amide bonds. The molecule has 1 heterocycles. The third-order valence-electron chi connectivity index (χ3n) is 5.78. The number of rotatable bonds is 3. The number of pyridine rings is 1. The van der Waals surface area contributed by atoms with Crippen molar-refractivity contribution in [3.63, 3.8) is 0 Å². The Morgan fingerprint density at radius 3 is 2.50 bits per heavy atom. The highest BCUT2D eigenvalue weighted by Crippen LogP contribution is 2.72. The fraction of sp³-hybridized carbons (Fsp3) is 0.688. The number of aryl methyl sites for hydroxylation is 1. The standard InChI is InChI=1S/C16H22N2/c1-9-3-4-12(8-18-9)16(17-2)15-13-10-5-6-11(7-10)14(13)15/h3-4,8,10-11,13-17H,5-7H2,1-2H3. The van der Waals surface area contributed by atoms with E-state index in [0.29, 0.717) is 6.04 Å². The van der Waals surface area contributed by atoms with Crippen molar-refractivity contribution in [2.45, 2.75) is 32.2 Å². The Bertz CT molecular complexity index is 437. The summed E-state index contributed by atoms with van der Waals surface area (Å²) >= 11 is 0. The molecule has 0 aliphatic heterocycles. The molecule has 3 aliphatic rings. The van der Waals surface area contributed by atoms with Crippen molar-refractivity contribution in [3.8, 4) is 0 Å². The van der Waals surface area contributed by atoms with Gasteiger partial charge in [-0.3, -0.25) is 4.98 Å². The zero-order chi connectivity index (χ0) is 12.3. The molecule has 5 unspecified atom stereocenters. The predicted molar refractivity (Wildman–Crippen MR) is 72.1 cm³/mol. The maximum atomic E-state index is 4.47. The second-order valence-electron chi connectivity index (χ2n) is 6.56. The van der Waals surface area contributed by atoms with Crippen LogP contribution < -0.4 is 5.32 Å². The van der Waals surface area contributed by atoms with Gasteiger partial charge in [0.2, 0.25) is 0 Å². The first-order chi connectivity index (χ1) is 8.79. The Labute approximate surface area is 109 Å². The van der Waals surface area contributed by atoms with Gasteiger partial charge in [0.1, 0.15) is 0 Å². The summed E-state index contributed by atoms with van der Waals surface area (Å²) in [5.41, 5.74) is 2.51. The average molecular weight is 242 g/mol. The van der Waals surface area contributed by atoms with Crippen molar-refractivity contribution in [1.82, 2.24) is 10.3 Å². The molecule has 18 heavy (non-hydrogen) atoms.